The monoisotopic (exact) mass is 361 g/mol. The Labute approximate surface area is 150 Å². The molecule has 6 nitrogen and oxygen atoms in total. The van der Waals surface area contributed by atoms with Crippen LogP contribution in [0.5, 0.6) is 11.5 Å². The molecule has 26 heavy (non-hydrogen) atoms. The van der Waals surface area contributed by atoms with Gasteiger partial charge in [-0.1, -0.05) is 13.0 Å². The molecule has 0 spiro atoms. The number of nitrogens with one attached hydrogen (secondary N) is 1. The Morgan fingerprint density at radius 2 is 1.88 bits per heavy atom. The van der Waals surface area contributed by atoms with Crippen LogP contribution in [0.15, 0.2) is 48.5 Å². The SMILES string of the molecule is CCCOc1cccc(C(=O)NCC(Oc2ccc(F)cc2)C(=O)O)c1. The van der Waals surface area contributed by atoms with Gasteiger partial charge in [0.2, 0.25) is 6.10 Å². The van der Waals surface area contributed by atoms with Crippen LogP contribution in [-0.2, 0) is 4.79 Å². The summed E-state index contributed by atoms with van der Waals surface area (Å²) in [4.78, 5) is 23.6. The number of hydrogen-bond donors (Lipinski definition) is 2. The number of aliphatic carboxylic acids is 1. The van der Waals surface area contributed by atoms with Gasteiger partial charge in [0.25, 0.3) is 5.91 Å². The summed E-state index contributed by atoms with van der Waals surface area (Å²) in [6.45, 7) is 2.27. The molecule has 0 radical (unpaired) electrons. The second kappa shape index (κ2) is 9.41. The molecule has 0 bridgehead atoms. The first-order chi connectivity index (χ1) is 12.5. The van der Waals surface area contributed by atoms with Crippen molar-refractivity contribution in [2.24, 2.45) is 0 Å². The van der Waals surface area contributed by atoms with Crippen LogP contribution in [-0.4, -0.2) is 36.2 Å². The lowest BCUT2D eigenvalue weighted by molar-refractivity contribution is -0.144. The van der Waals surface area contributed by atoms with E-state index in [1.165, 1.54) is 12.1 Å². The highest BCUT2D eigenvalue weighted by Crippen LogP contribution is 2.15. The minimum Gasteiger partial charge on any atom is -0.494 e. The van der Waals surface area contributed by atoms with Crippen LogP contribution in [0.1, 0.15) is 23.7 Å². The quantitative estimate of drug-likeness (QED) is 0.717. The number of benzene rings is 2. The molecular formula is C19H20FNO5. The van der Waals surface area contributed by atoms with Gasteiger partial charge in [-0.3, -0.25) is 4.79 Å². The van der Waals surface area contributed by atoms with E-state index in [1.54, 1.807) is 24.3 Å². The van der Waals surface area contributed by atoms with Gasteiger partial charge in [0, 0.05) is 5.56 Å². The van der Waals surface area contributed by atoms with Crippen molar-refractivity contribution >= 4 is 11.9 Å². The zero-order valence-electron chi connectivity index (χ0n) is 14.3. The topological polar surface area (TPSA) is 84.9 Å². The maximum absolute atomic E-state index is 12.9. The third-order valence-electron chi connectivity index (χ3n) is 3.38. The van der Waals surface area contributed by atoms with Crippen molar-refractivity contribution in [3.8, 4) is 11.5 Å². The van der Waals surface area contributed by atoms with Crippen molar-refractivity contribution in [3.63, 3.8) is 0 Å². The molecule has 2 aromatic rings. The van der Waals surface area contributed by atoms with E-state index in [1.807, 2.05) is 6.92 Å². The summed E-state index contributed by atoms with van der Waals surface area (Å²) in [5.41, 5.74) is 0.351. The number of ether oxygens (including phenoxy) is 2. The minimum atomic E-state index is -1.30. The lowest BCUT2D eigenvalue weighted by atomic mass is 10.2. The van der Waals surface area contributed by atoms with Crippen LogP contribution in [0.3, 0.4) is 0 Å². The fraction of sp³-hybridized carbons (Fsp3) is 0.263. The highest BCUT2D eigenvalue weighted by atomic mass is 19.1. The molecule has 1 amide bonds. The largest absolute Gasteiger partial charge is 0.494 e. The van der Waals surface area contributed by atoms with Crippen molar-refractivity contribution in [1.29, 1.82) is 0 Å². The Morgan fingerprint density at radius 3 is 2.54 bits per heavy atom. The van der Waals surface area contributed by atoms with E-state index in [-0.39, 0.29) is 12.3 Å². The van der Waals surface area contributed by atoms with Gasteiger partial charge in [-0.15, -0.1) is 0 Å². The second-order valence-electron chi connectivity index (χ2n) is 5.48. The molecule has 0 aliphatic carbocycles. The van der Waals surface area contributed by atoms with Crippen LogP contribution >= 0.6 is 0 Å². The van der Waals surface area contributed by atoms with Crippen molar-refractivity contribution < 1.29 is 28.6 Å². The third kappa shape index (κ3) is 5.77. The molecule has 0 fully saturated rings. The predicted molar refractivity (Wildman–Crippen MR) is 93.0 cm³/mol. The zero-order chi connectivity index (χ0) is 18.9. The van der Waals surface area contributed by atoms with E-state index < -0.39 is 23.8 Å². The van der Waals surface area contributed by atoms with Gasteiger partial charge in [-0.05, 0) is 48.9 Å². The Morgan fingerprint density at radius 1 is 1.15 bits per heavy atom. The summed E-state index contributed by atoms with van der Waals surface area (Å²) >= 11 is 0. The average Bonchev–Trinajstić information content (AvgIpc) is 2.64. The molecule has 138 valence electrons. The van der Waals surface area contributed by atoms with Gasteiger partial charge in [0.15, 0.2) is 0 Å². The average molecular weight is 361 g/mol. The van der Waals surface area contributed by atoms with Crippen molar-refractivity contribution in [2.45, 2.75) is 19.4 Å². The summed E-state index contributed by atoms with van der Waals surface area (Å²) < 4.78 is 23.7. The standard InChI is InChI=1S/C19H20FNO5/c1-2-10-25-16-5-3-4-13(11-16)18(22)21-12-17(19(23)24)26-15-8-6-14(20)7-9-15/h3-9,11,17H,2,10,12H2,1H3,(H,21,22)(H,23,24). The first-order valence-corrected chi connectivity index (χ1v) is 8.15. The number of carbonyl (C=O) groups excluding carboxylic acids is 1. The molecule has 7 heteroatoms. The molecule has 2 aromatic carbocycles. The lowest BCUT2D eigenvalue weighted by Crippen LogP contribution is -2.40. The molecule has 0 aliphatic rings. The van der Waals surface area contributed by atoms with Crippen molar-refractivity contribution in [2.75, 3.05) is 13.2 Å². The van der Waals surface area contributed by atoms with E-state index >= 15 is 0 Å². The molecule has 1 atom stereocenters. The first kappa shape index (κ1) is 19.2. The normalized spacial score (nSPS) is 11.5. The number of amides is 1. The van der Waals surface area contributed by atoms with Crippen LogP contribution in [0.2, 0.25) is 0 Å². The van der Waals surface area contributed by atoms with Crippen molar-refractivity contribution in [1.82, 2.24) is 5.32 Å². The molecule has 2 rings (SSSR count). The summed E-state index contributed by atoms with van der Waals surface area (Å²) in [7, 11) is 0. The fourth-order valence-corrected chi connectivity index (χ4v) is 2.09. The van der Waals surface area contributed by atoms with Crippen LogP contribution in [0.25, 0.3) is 0 Å². The molecule has 0 saturated heterocycles. The van der Waals surface area contributed by atoms with E-state index in [4.69, 9.17) is 9.47 Å². The smallest absolute Gasteiger partial charge is 0.346 e. The van der Waals surface area contributed by atoms with E-state index in [9.17, 15) is 19.1 Å². The Bertz CT molecular complexity index is 748. The Kier molecular flexibility index (Phi) is 6.96. The molecule has 1 unspecified atom stereocenters. The fourth-order valence-electron chi connectivity index (χ4n) is 2.09. The van der Waals surface area contributed by atoms with Crippen LogP contribution in [0, 0.1) is 5.82 Å². The first-order valence-electron chi connectivity index (χ1n) is 8.15. The molecule has 2 N–H and O–H groups in total. The highest BCUT2D eigenvalue weighted by Gasteiger charge is 2.21. The number of halogens is 1. The second-order valence-corrected chi connectivity index (χ2v) is 5.48. The van der Waals surface area contributed by atoms with Gasteiger partial charge in [-0.2, -0.15) is 0 Å². The van der Waals surface area contributed by atoms with Crippen LogP contribution in [0.4, 0.5) is 4.39 Å². The van der Waals surface area contributed by atoms with Gasteiger partial charge >= 0.3 is 5.97 Å². The molecular weight excluding hydrogens is 341 g/mol. The number of carbonyl (C=O) groups is 2. The predicted octanol–water partition coefficient (Wildman–Crippen LogP) is 2.88. The number of rotatable bonds is 9. The van der Waals surface area contributed by atoms with Gasteiger partial charge < -0.3 is 19.9 Å². The molecule has 0 aliphatic heterocycles. The van der Waals surface area contributed by atoms with E-state index in [0.29, 0.717) is 17.9 Å². The Hall–Kier alpha value is -3.09. The van der Waals surface area contributed by atoms with Gasteiger partial charge in [0.05, 0.1) is 13.2 Å². The highest BCUT2D eigenvalue weighted by molar-refractivity contribution is 5.94. The zero-order valence-corrected chi connectivity index (χ0v) is 14.3. The maximum atomic E-state index is 12.9. The number of carboxylic acids is 1. The van der Waals surface area contributed by atoms with Crippen molar-refractivity contribution in [3.05, 3.63) is 59.9 Å². The molecule has 0 saturated carbocycles. The van der Waals surface area contributed by atoms with Gasteiger partial charge in [-0.25, -0.2) is 9.18 Å². The van der Waals surface area contributed by atoms with E-state index in [2.05, 4.69) is 5.32 Å². The summed E-state index contributed by atoms with van der Waals surface area (Å²) in [6.07, 6.45) is -0.457. The lowest BCUT2D eigenvalue weighted by Gasteiger charge is -2.16. The summed E-state index contributed by atoms with van der Waals surface area (Å²) in [5, 5.41) is 11.8. The molecule has 0 aromatic heterocycles. The summed E-state index contributed by atoms with van der Waals surface area (Å²) in [6, 6.07) is 11.6. The number of carboxylic acid groups (broad SMARTS) is 1. The van der Waals surface area contributed by atoms with Crippen LogP contribution < -0.4 is 14.8 Å². The maximum Gasteiger partial charge on any atom is 0.346 e. The third-order valence-corrected chi connectivity index (χ3v) is 3.38. The summed E-state index contributed by atoms with van der Waals surface area (Å²) in [5.74, 6) is -1.38. The number of hydrogen-bond acceptors (Lipinski definition) is 4. The minimum absolute atomic E-state index is 0.197. The molecule has 0 heterocycles. The van der Waals surface area contributed by atoms with E-state index in [0.717, 1.165) is 18.6 Å². The van der Waals surface area contributed by atoms with Gasteiger partial charge in [0.1, 0.15) is 17.3 Å². The Balaban J connectivity index is 1.96.